The lowest BCUT2D eigenvalue weighted by atomic mass is 9.91. The number of esters is 1. The Bertz CT molecular complexity index is 394. The largest absolute Gasteiger partial charge is 0.427 e. The Balaban J connectivity index is 2.50. The van der Waals surface area contributed by atoms with Gasteiger partial charge in [-0.1, -0.05) is 52.7 Å². The van der Waals surface area contributed by atoms with Gasteiger partial charge in [0.15, 0.2) is 0 Å². The van der Waals surface area contributed by atoms with Gasteiger partial charge in [0.1, 0.15) is 5.75 Å². The number of rotatable bonds is 8. The average molecular weight is 276 g/mol. The van der Waals surface area contributed by atoms with Crippen molar-refractivity contribution in [1.82, 2.24) is 0 Å². The highest BCUT2D eigenvalue weighted by atomic mass is 16.5. The third-order valence-electron chi connectivity index (χ3n) is 3.92. The van der Waals surface area contributed by atoms with E-state index in [9.17, 15) is 4.79 Å². The van der Waals surface area contributed by atoms with E-state index in [0.29, 0.717) is 18.1 Å². The molecule has 2 heteroatoms. The summed E-state index contributed by atoms with van der Waals surface area (Å²) >= 11 is 0. The molecule has 0 amide bonds. The first kappa shape index (κ1) is 16.7. The maximum absolute atomic E-state index is 11.4. The van der Waals surface area contributed by atoms with Gasteiger partial charge in [0.2, 0.25) is 0 Å². The van der Waals surface area contributed by atoms with Crippen molar-refractivity contribution in [2.45, 2.75) is 65.7 Å². The molecule has 20 heavy (non-hydrogen) atoms. The Labute approximate surface area is 123 Å². The highest BCUT2D eigenvalue weighted by molar-refractivity contribution is 5.72. The van der Waals surface area contributed by atoms with Crippen LogP contribution in [0.5, 0.6) is 5.75 Å². The van der Waals surface area contributed by atoms with Crippen LogP contribution in [-0.2, 0) is 4.79 Å². The first-order valence-electron chi connectivity index (χ1n) is 7.87. The quantitative estimate of drug-likeness (QED) is 0.474. The monoisotopic (exact) mass is 276 g/mol. The van der Waals surface area contributed by atoms with Crippen LogP contribution in [0.1, 0.15) is 71.3 Å². The van der Waals surface area contributed by atoms with Crippen LogP contribution in [0.15, 0.2) is 24.3 Å². The summed E-state index contributed by atoms with van der Waals surface area (Å²) in [6.07, 6.45) is 5.03. The Morgan fingerprint density at radius 2 is 1.75 bits per heavy atom. The molecule has 1 aromatic rings. The SMILES string of the molecule is CCCC(=O)Oc1ccc(C(C)CCC(C)CC)cc1. The third-order valence-corrected chi connectivity index (χ3v) is 3.92. The van der Waals surface area contributed by atoms with Crippen molar-refractivity contribution in [3.05, 3.63) is 29.8 Å². The summed E-state index contributed by atoms with van der Waals surface area (Å²) in [4.78, 5) is 11.4. The highest BCUT2D eigenvalue weighted by Crippen LogP contribution is 2.25. The van der Waals surface area contributed by atoms with Crippen LogP contribution in [0, 0.1) is 5.92 Å². The molecule has 0 heterocycles. The maximum atomic E-state index is 11.4. The smallest absolute Gasteiger partial charge is 0.311 e. The van der Waals surface area contributed by atoms with Gasteiger partial charge in [0.25, 0.3) is 0 Å². The van der Waals surface area contributed by atoms with E-state index in [1.54, 1.807) is 0 Å². The summed E-state index contributed by atoms with van der Waals surface area (Å²) in [7, 11) is 0. The average Bonchev–Trinajstić information content (AvgIpc) is 2.45. The lowest BCUT2D eigenvalue weighted by molar-refractivity contribution is -0.134. The molecule has 0 aliphatic rings. The van der Waals surface area contributed by atoms with Gasteiger partial charge in [-0.3, -0.25) is 4.79 Å². The van der Waals surface area contributed by atoms with Crippen molar-refractivity contribution in [2.75, 3.05) is 0 Å². The van der Waals surface area contributed by atoms with Gasteiger partial charge in [-0.05, 0) is 42.4 Å². The van der Waals surface area contributed by atoms with Gasteiger partial charge in [-0.2, -0.15) is 0 Å². The van der Waals surface area contributed by atoms with Gasteiger partial charge in [-0.15, -0.1) is 0 Å². The molecule has 0 saturated carbocycles. The van der Waals surface area contributed by atoms with Crippen LogP contribution in [0.25, 0.3) is 0 Å². The van der Waals surface area contributed by atoms with Crippen molar-refractivity contribution in [3.8, 4) is 5.75 Å². The van der Waals surface area contributed by atoms with Crippen molar-refractivity contribution < 1.29 is 9.53 Å². The van der Waals surface area contributed by atoms with E-state index in [-0.39, 0.29) is 5.97 Å². The van der Waals surface area contributed by atoms with Crippen molar-refractivity contribution in [2.24, 2.45) is 5.92 Å². The van der Waals surface area contributed by atoms with Crippen molar-refractivity contribution in [1.29, 1.82) is 0 Å². The molecule has 0 aromatic heterocycles. The topological polar surface area (TPSA) is 26.3 Å². The molecule has 2 nitrogen and oxygen atoms in total. The second-order valence-corrected chi connectivity index (χ2v) is 5.78. The number of benzene rings is 1. The summed E-state index contributed by atoms with van der Waals surface area (Å²) in [6.45, 7) is 8.79. The van der Waals surface area contributed by atoms with Crippen LogP contribution in [0.3, 0.4) is 0 Å². The Kier molecular flexibility index (Phi) is 7.35. The molecule has 2 unspecified atom stereocenters. The number of carbonyl (C=O) groups is 1. The molecule has 112 valence electrons. The summed E-state index contributed by atoms with van der Waals surface area (Å²) in [5.41, 5.74) is 1.32. The van der Waals surface area contributed by atoms with E-state index in [2.05, 4.69) is 32.9 Å². The minimum atomic E-state index is -0.148. The van der Waals surface area contributed by atoms with Crippen LogP contribution < -0.4 is 4.74 Å². The predicted octanol–water partition coefficient (Wildman–Crippen LogP) is 5.32. The van der Waals surface area contributed by atoms with Gasteiger partial charge < -0.3 is 4.74 Å². The van der Waals surface area contributed by atoms with Gasteiger partial charge >= 0.3 is 5.97 Å². The van der Waals surface area contributed by atoms with Crippen LogP contribution in [0.2, 0.25) is 0 Å². The van der Waals surface area contributed by atoms with Gasteiger partial charge in [0, 0.05) is 6.42 Å². The normalized spacial score (nSPS) is 13.8. The van der Waals surface area contributed by atoms with E-state index in [1.807, 2.05) is 19.1 Å². The fraction of sp³-hybridized carbons (Fsp3) is 0.611. The molecule has 0 aliphatic heterocycles. The molecule has 0 fully saturated rings. The third kappa shape index (κ3) is 5.77. The van der Waals surface area contributed by atoms with Crippen molar-refractivity contribution in [3.63, 3.8) is 0 Å². The van der Waals surface area contributed by atoms with E-state index >= 15 is 0 Å². The summed E-state index contributed by atoms with van der Waals surface area (Å²) in [6, 6.07) is 7.97. The van der Waals surface area contributed by atoms with Crippen LogP contribution in [-0.4, -0.2) is 5.97 Å². The van der Waals surface area contributed by atoms with E-state index in [0.717, 1.165) is 12.3 Å². The van der Waals surface area contributed by atoms with Crippen molar-refractivity contribution >= 4 is 5.97 Å². The van der Waals surface area contributed by atoms with Crippen LogP contribution in [0.4, 0.5) is 0 Å². The fourth-order valence-electron chi connectivity index (χ4n) is 2.16. The first-order chi connectivity index (χ1) is 9.56. The van der Waals surface area contributed by atoms with E-state index in [4.69, 9.17) is 4.74 Å². The lowest BCUT2D eigenvalue weighted by Gasteiger charge is -2.15. The molecule has 0 saturated heterocycles. The summed E-state index contributed by atoms with van der Waals surface area (Å²) < 4.78 is 5.27. The Morgan fingerprint density at radius 1 is 1.10 bits per heavy atom. The zero-order valence-corrected chi connectivity index (χ0v) is 13.3. The fourth-order valence-corrected chi connectivity index (χ4v) is 2.16. The standard InChI is InChI=1S/C18H28O2/c1-5-7-18(19)20-17-12-10-16(11-13-17)15(4)9-8-14(3)6-2/h10-15H,5-9H2,1-4H3. The minimum absolute atomic E-state index is 0.148. The second-order valence-electron chi connectivity index (χ2n) is 5.78. The molecule has 1 rings (SSSR count). The summed E-state index contributed by atoms with van der Waals surface area (Å²) in [5.74, 6) is 1.86. The molecule has 2 atom stereocenters. The molecule has 0 radical (unpaired) electrons. The van der Waals surface area contributed by atoms with Gasteiger partial charge in [-0.25, -0.2) is 0 Å². The highest BCUT2D eigenvalue weighted by Gasteiger charge is 2.09. The van der Waals surface area contributed by atoms with E-state index < -0.39 is 0 Å². The molecule has 0 N–H and O–H groups in total. The number of hydrogen-bond acceptors (Lipinski definition) is 2. The van der Waals surface area contributed by atoms with Crippen LogP contribution >= 0.6 is 0 Å². The molecule has 0 spiro atoms. The van der Waals surface area contributed by atoms with Gasteiger partial charge in [0.05, 0.1) is 0 Å². The number of carbonyl (C=O) groups excluding carboxylic acids is 1. The molecular weight excluding hydrogens is 248 g/mol. The van der Waals surface area contributed by atoms with E-state index in [1.165, 1.54) is 24.8 Å². The molecule has 0 bridgehead atoms. The lowest BCUT2D eigenvalue weighted by Crippen LogP contribution is -2.07. The Morgan fingerprint density at radius 3 is 2.30 bits per heavy atom. The molecular formula is C18H28O2. The number of hydrogen-bond donors (Lipinski definition) is 0. The summed E-state index contributed by atoms with van der Waals surface area (Å²) in [5, 5.41) is 0. The minimum Gasteiger partial charge on any atom is -0.427 e. The zero-order valence-electron chi connectivity index (χ0n) is 13.3. The number of ether oxygens (including phenoxy) is 1. The maximum Gasteiger partial charge on any atom is 0.311 e. The molecule has 1 aromatic carbocycles. The molecule has 0 aliphatic carbocycles. The second kappa shape index (κ2) is 8.78. The predicted molar refractivity (Wildman–Crippen MR) is 84.1 cm³/mol. The zero-order chi connectivity index (χ0) is 15.0. The Hall–Kier alpha value is -1.31. The first-order valence-corrected chi connectivity index (χ1v) is 7.87.